The second-order valence-electron chi connectivity index (χ2n) is 5.12. The first-order valence-electron chi connectivity index (χ1n) is 7.29. The van der Waals surface area contributed by atoms with E-state index in [0.29, 0.717) is 24.8 Å². The Morgan fingerprint density at radius 2 is 2.24 bits per heavy atom. The molecule has 9 heteroatoms. The molecule has 120 valence electrons. The van der Waals surface area contributed by atoms with Crippen molar-refractivity contribution in [1.29, 1.82) is 0 Å². The molecule has 1 aromatic heterocycles. The second-order valence-corrected chi connectivity index (χ2v) is 6.83. The fourth-order valence-electron chi connectivity index (χ4n) is 2.46. The molecule has 1 aromatic rings. The van der Waals surface area contributed by atoms with E-state index in [1.165, 1.54) is 0 Å². The van der Waals surface area contributed by atoms with Crippen LogP contribution in [0.1, 0.15) is 37.9 Å². The number of rotatable bonds is 7. The molecular formula is C12H23N5O3S. The van der Waals surface area contributed by atoms with Gasteiger partial charge in [0.25, 0.3) is 10.2 Å². The van der Waals surface area contributed by atoms with Crippen molar-refractivity contribution in [3.63, 3.8) is 0 Å². The maximum absolute atomic E-state index is 12.4. The summed E-state index contributed by atoms with van der Waals surface area (Å²) >= 11 is 0. The van der Waals surface area contributed by atoms with Crippen LogP contribution in [-0.2, 0) is 16.8 Å². The topological polar surface area (TPSA) is 100 Å². The van der Waals surface area contributed by atoms with E-state index in [2.05, 4.69) is 20.2 Å². The van der Waals surface area contributed by atoms with Crippen LogP contribution >= 0.6 is 0 Å². The Morgan fingerprint density at radius 1 is 1.43 bits per heavy atom. The minimum Gasteiger partial charge on any atom is -0.340 e. The zero-order valence-electron chi connectivity index (χ0n) is 12.5. The van der Waals surface area contributed by atoms with E-state index in [1.807, 2.05) is 6.92 Å². The fourth-order valence-corrected chi connectivity index (χ4v) is 3.88. The predicted octanol–water partition coefficient (Wildman–Crippen LogP) is 0.176. The van der Waals surface area contributed by atoms with Gasteiger partial charge in [-0.15, -0.1) is 0 Å². The van der Waals surface area contributed by atoms with E-state index >= 15 is 0 Å². The Morgan fingerprint density at radius 3 is 2.90 bits per heavy atom. The number of likely N-dealkylation sites (N-methyl/N-ethyl adjacent to an activating group) is 1. The summed E-state index contributed by atoms with van der Waals surface area (Å²) in [5.74, 6) is 0.767. The van der Waals surface area contributed by atoms with Crippen LogP contribution in [0.15, 0.2) is 4.52 Å². The normalized spacial score (nSPS) is 20.8. The molecule has 1 aliphatic rings. The van der Waals surface area contributed by atoms with Crippen molar-refractivity contribution in [2.45, 2.75) is 45.7 Å². The molecule has 0 aliphatic carbocycles. The second kappa shape index (κ2) is 7.30. The predicted molar refractivity (Wildman–Crippen MR) is 77.7 cm³/mol. The van der Waals surface area contributed by atoms with Gasteiger partial charge in [-0.3, -0.25) is 0 Å². The first-order chi connectivity index (χ1) is 10.0. The number of piperidine rings is 1. The maximum atomic E-state index is 12.4. The number of hydrogen-bond acceptors (Lipinski definition) is 6. The molecule has 0 amide bonds. The standard InChI is InChI=1S/C12H23N5O3S/c1-3-13-8-11-6-4-5-7-17(11)21(18,19)14-9-12-15-10(2)20-16-12/h11,13-14H,3-9H2,1-2H3. The molecule has 2 rings (SSSR count). The smallest absolute Gasteiger partial charge is 0.280 e. The van der Waals surface area contributed by atoms with Gasteiger partial charge in [0.1, 0.15) is 0 Å². The lowest BCUT2D eigenvalue weighted by Crippen LogP contribution is -2.52. The van der Waals surface area contributed by atoms with Crippen LogP contribution in [0.2, 0.25) is 0 Å². The van der Waals surface area contributed by atoms with Crippen LogP contribution in [-0.4, -0.2) is 48.5 Å². The highest BCUT2D eigenvalue weighted by Crippen LogP contribution is 2.19. The summed E-state index contributed by atoms with van der Waals surface area (Å²) in [4.78, 5) is 3.99. The Hall–Kier alpha value is -1.03. The summed E-state index contributed by atoms with van der Waals surface area (Å²) in [7, 11) is -3.53. The minimum atomic E-state index is -3.53. The highest BCUT2D eigenvalue weighted by molar-refractivity contribution is 7.87. The van der Waals surface area contributed by atoms with Crippen LogP contribution in [0.4, 0.5) is 0 Å². The number of nitrogens with zero attached hydrogens (tertiary/aromatic N) is 3. The number of aromatic nitrogens is 2. The van der Waals surface area contributed by atoms with Crippen molar-refractivity contribution in [3.8, 4) is 0 Å². The van der Waals surface area contributed by atoms with Gasteiger partial charge in [0.2, 0.25) is 5.89 Å². The van der Waals surface area contributed by atoms with Crippen LogP contribution in [0, 0.1) is 6.92 Å². The zero-order chi connectivity index (χ0) is 15.3. The van der Waals surface area contributed by atoms with Crippen molar-refractivity contribution in [2.75, 3.05) is 19.6 Å². The number of nitrogens with one attached hydrogen (secondary N) is 2. The molecule has 0 saturated carbocycles. The van der Waals surface area contributed by atoms with E-state index in [0.717, 1.165) is 25.8 Å². The highest BCUT2D eigenvalue weighted by atomic mass is 32.2. The molecule has 0 bridgehead atoms. The van der Waals surface area contributed by atoms with Crippen molar-refractivity contribution in [2.24, 2.45) is 0 Å². The lowest BCUT2D eigenvalue weighted by Gasteiger charge is -2.34. The molecule has 2 N–H and O–H groups in total. The average molecular weight is 317 g/mol. The molecule has 21 heavy (non-hydrogen) atoms. The van der Waals surface area contributed by atoms with E-state index < -0.39 is 10.2 Å². The largest absolute Gasteiger partial charge is 0.340 e. The van der Waals surface area contributed by atoms with Gasteiger partial charge in [0, 0.05) is 26.1 Å². The molecule has 1 atom stereocenters. The van der Waals surface area contributed by atoms with E-state index in [-0.39, 0.29) is 12.6 Å². The molecule has 1 aliphatic heterocycles. The Balaban J connectivity index is 1.98. The SMILES string of the molecule is CCNCC1CCCCN1S(=O)(=O)NCc1noc(C)n1. The zero-order valence-corrected chi connectivity index (χ0v) is 13.3. The lowest BCUT2D eigenvalue weighted by atomic mass is 10.1. The Labute approximate surface area is 125 Å². The first-order valence-corrected chi connectivity index (χ1v) is 8.73. The van der Waals surface area contributed by atoms with E-state index in [1.54, 1.807) is 11.2 Å². The van der Waals surface area contributed by atoms with Crippen LogP contribution in [0.3, 0.4) is 0 Å². The summed E-state index contributed by atoms with van der Waals surface area (Å²) < 4.78 is 33.8. The Kier molecular flexibility index (Phi) is 5.68. The molecule has 1 fully saturated rings. The number of aryl methyl sites for hydroxylation is 1. The van der Waals surface area contributed by atoms with Gasteiger partial charge in [-0.05, 0) is 19.4 Å². The molecule has 8 nitrogen and oxygen atoms in total. The average Bonchev–Trinajstić information content (AvgIpc) is 2.89. The quantitative estimate of drug-likeness (QED) is 0.744. The van der Waals surface area contributed by atoms with Gasteiger partial charge >= 0.3 is 0 Å². The molecule has 0 aromatic carbocycles. The molecule has 2 heterocycles. The van der Waals surface area contributed by atoms with E-state index in [4.69, 9.17) is 4.52 Å². The van der Waals surface area contributed by atoms with Gasteiger partial charge in [0.05, 0.1) is 6.54 Å². The van der Waals surface area contributed by atoms with Gasteiger partial charge in [-0.25, -0.2) is 0 Å². The fraction of sp³-hybridized carbons (Fsp3) is 0.833. The van der Waals surface area contributed by atoms with Gasteiger partial charge in [0.15, 0.2) is 5.82 Å². The number of hydrogen-bond donors (Lipinski definition) is 2. The van der Waals surface area contributed by atoms with Crippen molar-refractivity contribution >= 4 is 10.2 Å². The van der Waals surface area contributed by atoms with Crippen LogP contribution in [0.25, 0.3) is 0 Å². The Bertz CT molecular complexity index is 545. The highest BCUT2D eigenvalue weighted by Gasteiger charge is 2.31. The van der Waals surface area contributed by atoms with Crippen LogP contribution < -0.4 is 10.0 Å². The lowest BCUT2D eigenvalue weighted by molar-refractivity contribution is 0.243. The summed E-state index contributed by atoms with van der Waals surface area (Å²) in [5, 5.41) is 6.91. The molecule has 1 unspecified atom stereocenters. The third-order valence-corrected chi connectivity index (χ3v) is 5.10. The summed E-state index contributed by atoms with van der Waals surface area (Å²) in [6.07, 6.45) is 2.84. The first kappa shape index (κ1) is 16.3. The van der Waals surface area contributed by atoms with Gasteiger partial charge in [-0.2, -0.15) is 22.4 Å². The van der Waals surface area contributed by atoms with Crippen molar-refractivity contribution in [3.05, 3.63) is 11.7 Å². The maximum Gasteiger partial charge on any atom is 0.280 e. The molecule has 1 saturated heterocycles. The van der Waals surface area contributed by atoms with Gasteiger partial charge in [-0.1, -0.05) is 18.5 Å². The summed E-state index contributed by atoms with van der Waals surface area (Å²) in [5.41, 5.74) is 0. The van der Waals surface area contributed by atoms with Crippen LogP contribution in [0.5, 0.6) is 0 Å². The summed E-state index contributed by atoms with van der Waals surface area (Å²) in [6, 6.07) is 0.00297. The summed E-state index contributed by atoms with van der Waals surface area (Å²) in [6.45, 7) is 5.79. The molecule has 0 spiro atoms. The minimum absolute atomic E-state index is 0.00297. The monoisotopic (exact) mass is 317 g/mol. The third kappa shape index (κ3) is 4.47. The van der Waals surface area contributed by atoms with Crippen molar-refractivity contribution in [1.82, 2.24) is 24.5 Å². The molecular weight excluding hydrogens is 294 g/mol. The third-order valence-electron chi connectivity index (χ3n) is 3.49. The van der Waals surface area contributed by atoms with E-state index in [9.17, 15) is 8.42 Å². The van der Waals surface area contributed by atoms with Crippen molar-refractivity contribution < 1.29 is 12.9 Å². The van der Waals surface area contributed by atoms with Gasteiger partial charge < -0.3 is 9.84 Å². The molecule has 0 radical (unpaired) electrons.